The van der Waals surface area contributed by atoms with E-state index in [1.807, 2.05) is 83.1 Å². The minimum absolute atomic E-state index is 0.102. The van der Waals surface area contributed by atoms with Crippen molar-refractivity contribution in [2.75, 3.05) is 6.61 Å². The Hall–Kier alpha value is -4.45. The van der Waals surface area contributed by atoms with Crippen molar-refractivity contribution in [2.24, 2.45) is 16.8 Å². The number of benzene rings is 3. The van der Waals surface area contributed by atoms with E-state index in [9.17, 15) is 15.1 Å². The number of carboxylic acids is 1. The van der Waals surface area contributed by atoms with Crippen molar-refractivity contribution in [3.8, 4) is 17.1 Å². The van der Waals surface area contributed by atoms with E-state index in [1.165, 1.54) is 5.06 Å². The summed E-state index contributed by atoms with van der Waals surface area (Å²) in [6.07, 6.45) is 0. The van der Waals surface area contributed by atoms with Gasteiger partial charge in [-0.2, -0.15) is 15.1 Å². The molecule has 0 saturated carbocycles. The number of imidazole rings is 1. The average molecular weight is 558 g/mol. The van der Waals surface area contributed by atoms with Gasteiger partial charge in [-0.3, -0.25) is 4.57 Å². The number of hydrogen-bond acceptors (Lipinski definition) is 8. The molecule has 2 heterocycles. The molecular formula is C30H35N7O4. The van der Waals surface area contributed by atoms with Crippen LogP contribution in [-0.4, -0.2) is 43.3 Å². The highest BCUT2D eigenvalue weighted by Gasteiger charge is 2.51. The number of hydroxylamine groups is 2. The van der Waals surface area contributed by atoms with Gasteiger partial charge in [0.2, 0.25) is 0 Å². The third-order valence-corrected chi connectivity index (χ3v) is 7.87. The molecule has 4 aromatic rings. The van der Waals surface area contributed by atoms with E-state index in [-0.39, 0.29) is 5.56 Å². The summed E-state index contributed by atoms with van der Waals surface area (Å²) in [5, 5.41) is 26.4. The Morgan fingerprint density at radius 2 is 1.76 bits per heavy atom. The van der Waals surface area contributed by atoms with Crippen LogP contribution in [0.25, 0.3) is 22.2 Å². The van der Waals surface area contributed by atoms with Crippen molar-refractivity contribution in [3.05, 3.63) is 82.4 Å². The molecule has 3 aromatic carbocycles. The van der Waals surface area contributed by atoms with Crippen molar-refractivity contribution in [1.29, 1.82) is 0 Å². The van der Waals surface area contributed by atoms with Gasteiger partial charge in [-0.05, 0) is 62.9 Å². The van der Waals surface area contributed by atoms with Gasteiger partial charge in [0.15, 0.2) is 5.84 Å². The van der Waals surface area contributed by atoms with Crippen LogP contribution >= 0.6 is 0 Å². The molecular weight excluding hydrogens is 522 g/mol. The normalized spacial score (nSPS) is 16.1. The predicted octanol–water partition coefficient (Wildman–Crippen LogP) is 4.11. The van der Waals surface area contributed by atoms with Crippen LogP contribution in [0.3, 0.4) is 0 Å². The number of fused-ring (bicyclic) bond motifs is 3. The van der Waals surface area contributed by atoms with Gasteiger partial charge in [-0.1, -0.05) is 48.5 Å². The maximum absolute atomic E-state index is 12.6. The molecule has 7 N–H and O–H groups in total. The van der Waals surface area contributed by atoms with Crippen molar-refractivity contribution in [3.63, 3.8) is 0 Å². The topological polar surface area (TPSA) is 164 Å². The standard InChI is InChI=1S/C30H35N7O4/c1-6-41-28-33-24-23-22(29(2,3)37(40)30(23,4)5)15-21(27(38)39)25(24)36(28)16-17-11-13-18(14-12-17)19-9-7-8-10-20(19)26(34-31)35-32/h7-15,40H,6,16,31-32H2,1-5H3,(H,34,35)(H,38,39). The molecule has 1 aliphatic heterocycles. The first-order valence-electron chi connectivity index (χ1n) is 13.3. The van der Waals surface area contributed by atoms with Gasteiger partial charge < -0.3 is 26.3 Å². The molecule has 1 aliphatic rings. The molecule has 0 bridgehead atoms. The highest BCUT2D eigenvalue weighted by atomic mass is 16.5. The van der Waals surface area contributed by atoms with E-state index < -0.39 is 17.0 Å². The first kappa shape index (κ1) is 28.1. The number of hydrazone groups is 1. The molecule has 5 rings (SSSR count). The highest BCUT2D eigenvalue weighted by molar-refractivity contribution is 6.04. The monoisotopic (exact) mass is 557 g/mol. The SMILES string of the molecule is CCOc1nc2c3c(cc(C(=O)O)c2n1Cc1ccc(-c2ccccc2/C(=N/N)NN)cc1)C(C)(C)N(O)C3(C)C. The molecule has 11 nitrogen and oxygen atoms in total. The fourth-order valence-electron chi connectivity index (χ4n) is 5.96. The third kappa shape index (κ3) is 4.38. The van der Waals surface area contributed by atoms with Gasteiger partial charge in [-0.25, -0.2) is 10.6 Å². The summed E-state index contributed by atoms with van der Waals surface area (Å²) in [6, 6.07) is 17.5. The lowest BCUT2D eigenvalue weighted by molar-refractivity contribution is -0.216. The van der Waals surface area contributed by atoms with Crippen LogP contribution in [0.2, 0.25) is 0 Å². The van der Waals surface area contributed by atoms with Crippen LogP contribution in [-0.2, 0) is 17.6 Å². The average Bonchev–Trinajstić information content (AvgIpc) is 3.36. The summed E-state index contributed by atoms with van der Waals surface area (Å²) in [7, 11) is 0. The zero-order valence-corrected chi connectivity index (χ0v) is 23.8. The van der Waals surface area contributed by atoms with Crippen molar-refractivity contribution in [2.45, 2.75) is 52.2 Å². The Morgan fingerprint density at radius 1 is 1.07 bits per heavy atom. The van der Waals surface area contributed by atoms with Crippen LogP contribution in [0.4, 0.5) is 0 Å². The second kappa shape index (κ2) is 10.2. The Bertz CT molecular complexity index is 1670. The van der Waals surface area contributed by atoms with Crippen LogP contribution in [0.1, 0.15) is 67.2 Å². The molecule has 0 spiro atoms. The molecule has 0 atom stereocenters. The Morgan fingerprint density at radius 3 is 2.37 bits per heavy atom. The van der Waals surface area contributed by atoms with Crippen LogP contribution < -0.4 is 21.8 Å². The number of aromatic carboxylic acids is 1. The van der Waals surface area contributed by atoms with Gasteiger partial charge in [0, 0.05) is 11.1 Å². The van der Waals surface area contributed by atoms with E-state index in [0.29, 0.717) is 36.0 Å². The van der Waals surface area contributed by atoms with E-state index in [0.717, 1.165) is 33.4 Å². The zero-order chi connectivity index (χ0) is 29.7. The number of hydrazine groups is 1. The van der Waals surface area contributed by atoms with Crippen molar-refractivity contribution < 1.29 is 19.8 Å². The summed E-state index contributed by atoms with van der Waals surface area (Å²) in [6.45, 7) is 10.1. The summed E-state index contributed by atoms with van der Waals surface area (Å²) in [5.74, 6) is 10.4. The first-order chi connectivity index (χ1) is 19.5. The maximum Gasteiger partial charge on any atom is 0.337 e. The van der Waals surface area contributed by atoms with Crippen molar-refractivity contribution in [1.82, 2.24) is 20.0 Å². The minimum Gasteiger partial charge on any atom is -0.478 e. The second-order valence-corrected chi connectivity index (χ2v) is 11.1. The summed E-state index contributed by atoms with van der Waals surface area (Å²) >= 11 is 0. The lowest BCUT2D eigenvalue weighted by Crippen LogP contribution is -2.42. The van der Waals surface area contributed by atoms with E-state index in [1.54, 1.807) is 10.6 Å². The van der Waals surface area contributed by atoms with E-state index in [2.05, 4.69) is 10.5 Å². The lowest BCUT2D eigenvalue weighted by atomic mass is 9.87. The molecule has 0 radical (unpaired) electrons. The smallest absolute Gasteiger partial charge is 0.337 e. The molecule has 0 unspecified atom stereocenters. The summed E-state index contributed by atoms with van der Waals surface area (Å²) in [4.78, 5) is 17.4. The number of rotatable bonds is 7. The van der Waals surface area contributed by atoms with Gasteiger partial charge in [0.05, 0.1) is 40.8 Å². The maximum atomic E-state index is 12.6. The molecule has 0 saturated heterocycles. The van der Waals surface area contributed by atoms with Crippen LogP contribution in [0.5, 0.6) is 6.01 Å². The van der Waals surface area contributed by atoms with Crippen LogP contribution in [0.15, 0.2) is 59.7 Å². The number of nitrogens with two attached hydrogens (primary N) is 2. The molecule has 0 fully saturated rings. The lowest BCUT2D eigenvalue weighted by Gasteiger charge is -2.34. The fraction of sp³-hybridized carbons (Fsp3) is 0.300. The largest absolute Gasteiger partial charge is 0.478 e. The fourth-order valence-corrected chi connectivity index (χ4v) is 5.96. The third-order valence-electron chi connectivity index (χ3n) is 7.87. The number of aromatic nitrogens is 2. The number of carboxylic acid groups (broad SMARTS) is 1. The van der Waals surface area contributed by atoms with E-state index in [4.69, 9.17) is 21.4 Å². The number of amidine groups is 1. The number of ether oxygens (including phenoxy) is 1. The van der Waals surface area contributed by atoms with E-state index >= 15 is 0 Å². The molecule has 41 heavy (non-hydrogen) atoms. The van der Waals surface area contributed by atoms with Crippen LogP contribution in [0, 0.1) is 0 Å². The Kier molecular flexibility index (Phi) is 6.98. The number of nitrogens with one attached hydrogen (secondary N) is 1. The first-order valence-corrected chi connectivity index (χ1v) is 13.3. The highest BCUT2D eigenvalue weighted by Crippen LogP contribution is 2.51. The summed E-state index contributed by atoms with van der Waals surface area (Å²) < 4.78 is 7.73. The van der Waals surface area contributed by atoms with Gasteiger partial charge >= 0.3 is 5.97 Å². The molecule has 11 heteroatoms. The zero-order valence-electron chi connectivity index (χ0n) is 23.8. The van der Waals surface area contributed by atoms with Crippen molar-refractivity contribution >= 4 is 22.8 Å². The second-order valence-electron chi connectivity index (χ2n) is 11.1. The molecule has 214 valence electrons. The number of hydrogen-bond donors (Lipinski definition) is 5. The molecule has 0 aliphatic carbocycles. The van der Waals surface area contributed by atoms with Gasteiger partial charge in [0.25, 0.3) is 6.01 Å². The summed E-state index contributed by atoms with van der Waals surface area (Å²) in [5.41, 5.74) is 6.96. The Balaban J connectivity index is 1.65. The van der Waals surface area contributed by atoms with Gasteiger partial charge in [-0.15, -0.1) is 0 Å². The predicted molar refractivity (Wildman–Crippen MR) is 157 cm³/mol. The quantitative estimate of drug-likeness (QED) is 0.0973. The number of carbonyl (C=O) groups is 1. The minimum atomic E-state index is -1.08. The number of nitrogens with zero attached hydrogens (tertiary/aromatic N) is 4. The molecule has 0 amide bonds. The van der Waals surface area contributed by atoms with Gasteiger partial charge in [0.1, 0.15) is 0 Å². The Labute approximate surface area is 238 Å². The molecule has 1 aromatic heterocycles.